The first-order chi connectivity index (χ1) is 30.9. The third-order valence-corrected chi connectivity index (χ3v) is 9.43. The Morgan fingerprint density at radius 1 is 0.597 bits per heavy atom. The molecule has 1 unspecified atom stereocenters. The molecule has 0 fully saturated rings. The summed E-state index contributed by atoms with van der Waals surface area (Å²) in [5.41, 5.74) is 10.5. The van der Waals surface area contributed by atoms with Crippen molar-refractivity contribution in [2.45, 2.75) is 67.5 Å². The second-order valence-corrected chi connectivity index (χ2v) is 14.7. The largest absolute Gasteiger partial charge is 1.00 e. The molecule has 2 heterocycles. The summed E-state index contributed by atoms with van der Waals surface area (Å²) < 4.78 is 95.1. The number of aliphatic hydroxyl groups is 1. The van der Waals surface area contributed by atoms with Crippen LogP contribution in [0.4, 0.5) is 49.1 Å². The van der Waals surface area contributed by atoms with E-state index in [4.69, 9.17) is 14.9 Å². The number of anilines is 4. The first-order valence-electron chi connectivity index (χ1n) is 20.8. The van der Waals surface area contributed by atoms with Gasteiger partial charge in [-0.1, -0.05) is 55.5 Å². The molecule has 0 radical (unpaired) electrons. The van der Waals surface area contributed by atoms with Crippen LogP contribution >= 0.6 is 0 Å². The van der Waals surface area contributed by atoms with Gasteiger partial charge in [0.25, 0.3) is 6.33 Å². The van der Waals surface area contributed by atoms with E-state index in [0.29, 0.717) is 17.8 Å². The zero-order valence-corrected chi connectivity index (χ0v) is 41.2. The number of aliphatic hydroxyl groups excluding tert-OH is 1. The molecule has 0 aliphatic carbocycles. The molecule has 0 saturated heterocycles. The zero-order valence-electron chi connectivity index (χ0n) is 38.5. The van der Waals surface area contributed by atoms with Crippen LogP contribution in [0, 0.1) is 27.7 Å². The van der Waals surface area contributed by atoms with Crippen LogP contribution in [0.25, 0.3) is 22.4 Å². The summed E-state index contributed by atoms with van der Waals surface area (Å²) in [4.78, 5) is 3.89. The summed E-state index contributed by atoms with van der Waals surface area (Å²) in [7, 11) is 0. The van der Waals surface area contributed by atoms with Gasteiger partial charge >= 0.3 is 42.3 Å². The number of para-hydroxylation sites is 2. The number of ether oxygens (including phenoxy) is 3. The summed E-state index contributed by atoms with van der Waals surface area (Å²) in [5, 5.41) is 16.5. The van der Waals surface area contributed by atoms with E-state index in [1.54, 1.807) is 26.0 Å². The van der Waals surface area contributed by atoms with Crippen LogP contribution in [0.15, 0.2) is 140 Å². The van der Waals surface area contributed by atoms with Crippen LogP contribution in [-0.2, 0) is 4.74 Å². The minimum absolute atomic E-state index is 0. The summed E-state index contributed by atoms with van der Waals surface area (Å²) in [6, 6.07) is 40.2. The number of fused-ring (bicyclic) bond motifs is 2. The maximum absolute atomic E-state index is 12.9. The fraction of sp³-hybridized carbons (Fsp3) is 0.260. The quantitative estimate of drug-likeness (QED) is 0.121. The van der Waals surface area contributed by atoms with Crippen molar-refractivity contribution in [1.82, 2.24) is 4.57 Å². The van der Waals surface area contributed by atoms with Gasteiger partial charge in [0.2, 0.25) is 6.35 Å². The number of hydrogen-bond donors (Lipinski definition) is 1. The minimum Gasteiger partial charge on any atom is -1.00 e. The Morgan fingerprint density at radius 2 is 1.04 bits per heavy atom. The monoisotopic (exact) mass is 960 g/mol. The second kappa shape index (κ2) is 25.2. The van der Waals surface area contributed by atoms with E-state index < -0.39 is 19.1 Å². The summed E-state index contributed by atoms with van der Waals surface area (Å²) in [6.07, 6.45) is -8.19. The summed E-state index contributed by atoms with van der Waals surface area (Å²) in [6.45, 7) is 13.8. The van der Waals surface area contributed by atoms with Crippen molar-refractivity contribution >= 4 is 33.8 Å². The molecule has 1 N–H and O–H groups in total. The van der Waals surface area contributed by atoms with E-state index >= 15 is 0 Å². The maximum Gasteiger partial charge on any atom is 1.00 e. The molecule has 6 aromatic carbocycles. The number of alkyl halides is 6. The van der Waals surface area contributed by atoms with Gasteiger partial charge < -0.3 is 36.8 Å². The van der Waals surface area contributed by atoms with Crippen molar-refractivity contribution < 1.29 is 97.3 Å². The zero-order chi connectivity index (χ0) is 47.5. The van der Waals surface area contributed by atoms with Gasteiger partial charge in [-0.25, -0.2) is 0 Å². The molecule has 1 atom stereocenters. The molecule has 8 rings (SSSR count). The van der Waals surface area contributed by atoms with Gasteiger partial charge in [0.15, 0.2) is 11.0 Å². The molecule has 1 aromatic heterocycles. The number of aryl methyl sites for hydroxylation is 4. The van der Waals surface area contributed by atoms with Crippen LogP contribution < -0.4 is 70.9 Å². The fourth-order valence-electron chi connectivity index (χ4n) is 7.39. The van der Waals surface area contributed by atoms with Gasteiger partial charge in [-0.15, -0.1) is 32.9 Å². The third-order valence-electron chi connectivity index (χ3n) is 9.43. The Hall–Kier alpha value is -5.26. The SMILES string of the molecule is CCO.CCOC1N(c2ccccc2)c2ccc(OC(F)(F)F)cc2N1c1cc(C)cc(C)c1.CC[O-].Cc1cc(C)cc(-n2c[n+](-c3ccccc3)c3ccc(OC(F)(F)F)cc32)c1.[Cl-].[Na+]. The van der Waals surface area contributed by atoms with Gasteiger partial charge in [-0.3, -0.25) is 9.80 Å². The smallest absolute Gasteiger partial charge is 1.00 e. The predicted molar refractivity (Wildman–Crippen MR) is 239 cm³/mol. The molecule has 67 heavy (non-hydrogen) atoms. The standard InChI is InChI=1S/C24H23F3N2O2.C22H18F3N2O.C2H6O.C2H5O.ClH.Na/c1-4-30-23-28(18-8-6-5-7-9-18)21-11-10-20(31-24(25,26)27)15-22(21)29(23)19-13-16(2)12-17(3)14-19;1-15-10-16(2)12-18(11-15)27-14-26(17-6-4-3-5-7-17)20-9-8-19(13-21(20)27)28-22(23,24)25;2*1-2-3;;/h5-15,23H,4H2,1-3H3;3-14H,1-2H3;3H,2H2,1H3;2H2,1H3;1H;/q;+1;;-1;;+1/p-1. The van der Waals surface area contributed by atoms with E-state index in [1.807, 2.05) is 151 Å². The van der Waals surface area contributed by atoms with E-state index in [9.17, 15) is 26.3 Å². The third kappa shape index (κ3) is 15.1. The average molecular weight is 961 g/mol. The molecular formula is C50H52ClF6N4NaO5. The maximum atomic E-state index is 12.9. The van der Waals surface area contributed by atoms with Crippen LogP contribution in [0.5, 0.6) is 11.5 Å². The first-order valence-corrected chi connectivity index (χ1v) is 20.8. The molecule has 7 aromatic rings. The Labute approximate surface area is 415 Å². The van der Waals surface area contributed by atoms with Gasteiger partial charge in [-0.05, 0) is 137 Å². The average Bonchev–Trinajstić information content (AvgIpc) is 3.76. The van der Waals surface area contributed by atoms with Crippen molar-refractivity contribution in [3.05, 3.63) is 162 Å². The van der Waals surface area contributed by atoms with Gasteiger partial charge in [0.05, 0.1) is 11.4 Å². The van der Waals surface area contributed by atoms with Gasteiger partial charge in [0, 0.05) is 36.7 Å². The number of nitrogens with zero attached hydrogens (tertiary/aromatic N) is 4. The van der Waals surface area contributed by atoms with E-state index in [2.05, 4.69) is 15.5 Å². The number of imidazole rings is 1. The fourth-order valence-corrected chi connectivity index (χ4v) is 7.39. The van der Waals surface area contributed by atoms with Crippen LogP contribution in [0.3, 0.4) is 0 Å². The Balaban J connectivity index is 0.000000311. The number of aromatic nitrogens is 2. The molecule has 0 saturated carbocycles. The number of rotatable bonds is 8. The van der Waals surface area contributed by atoms with Gasteiger partial charge in [0.1, 0.15) is 22.9 Å². The summed E-state index contributed by atoms with van der Waals surface area (Å²) in [5.74, 6) is -0.519. The number of halogens is 7. The predicted octanol–water partition coefficient (Wildman–Crippen LogP) is 5.61. The molecule has 0 bridgehead atoms. The molecule has 352 valence electrons. The molecular weight excluding hydrogens is 909 g/mol. The normalized spacial score (nSPS) is 12.8. The Morgan fingerprint density at radius 3 is 1.54 bits per heavy atom. The number of benzene rings is 6. The number of hydrogen-bond acceptors (Lipinski definition) is 7. The topological polar surface area (TPSA) is 86.3 Å². The molecule has 0 amide bonds. The van der Waals surface area contributed by atoms with Crippen LogP contribution in [-0.4, -0.2) is 48.6 Å². The van der Waals surface area contributed by atoms with Crippen molar-refractivity contribution in [2.75, 3.05) is 29.6 Å². The Bertz CT molecular complexity index is 2590. The first kappa shape index (κ1) is 56.1. The second-order valence-electron chi connectivity index (χ2n) is 14.7. The Kier molecular flexibility index (Phi) is 21.1. The van der Waals surface area contributed by atoms with Crippen molar-refractivity contribution in [2.24, 2.45) is 0 Å². The van der Waals surface area contributed by atoms with Crippen LogP contribution in [0.1, 0.15) is 43.0 Å². The van der Waals surface area contributed by atoms with Crippen LogP contribution in [0.2, 0.25) is 0 Å². The molecule has 9 nitrogen and oxygen atoms in total. The van der Waals surface area contributed by atoms with Crippen molar-refractivity contribution in [3.63, 3.8) is 0 Å². The molecule has 17 heteroatoms. The van der Waals surface area contributed by atoms with Crippen molar-refractivity contribution in [1.29, 1.82) is 0 Å². The molecule has 1 aliphatic heterocycles. The summed E-state index contributed by atoms with van der Waals surface area (Å²) >= 11 is 0. The molecule has 0 spiro atoms. The van der Waals surface area contributed by atoms with E-state index in [0.717, 1.165) is 56.2 Å². The van der Waals surface area contributed by atoms with E-state index in [1.165, 1.54) is 24.3 Å². The van der Waals surface area contributed by atoms with Gasteiger partial charge in [-0.2, -0.15) is 9.13 Å². The van der Waals surface area contributed by atoms with E-state index in [-0.39, 0.29) is 66.7 Å². The minimum atomic E-state index is -4.77. The van der Waals surface area contributed by atoms with Crippen molar-refractivity contribution in [3.8, 4) is 22.9 Å². The molecule has 1 aliphatic rings.